The van der Waals surface area contributed by atoms with Crippen molar-refractivity contribution >= 4 is 16.8 Å². The maximum atomic E-state index is 10.9. The minimum absolute atomic E-state index is 0.00692. The summed E-state index contributed by atoms with van der Waals surface area (Å²) in [5.74, 6) is -0.480. The average Bonchev–Trinajstić information content (AvgIpc) is 2.59. The number of aliphatic hydroxyl groups is 1. The lowest BCUT2D eigenvalue weighted by Crippen LogP contribution is -2.10. The molecule has 0 saturated heterocycles. The third kappa shape index (κ3) is 1.36. The van der Waals surface area contributed by atoms with E-state index in [-0.39, 0.29) is 6.61 Å². The molecule has 0 atom stereocenters. The molecule has 0 aliphatic heterocycles. The number of benzene rings is 1. The Bertz CT molecular complexity index is 488. The molecule has 0 bridgehead atoms. The number of nitrogens with two attached hydrogens (primary N) is 1. The van der Waals surface area contributed by atoms with E-state index in [0.29, 0.717) is 5.69 Å². The number of rotatable bonds is 2. The summed E-state index contributed by atoms with van der Waals surface area (Å²) in [6.45, 7) is -0.00692. The fourth-order valence-corrected chi connectivity index (χ4v) is 1.41. The third-order valence-corrected chi connectivity index (χ3v) is 2.13. The first-order valence-electron chi connectivity index (χ1n) is 4.23. The molecule has 4 heteroatoms. The SMILES string of the molecule is NC(=O)c1cc2cc(CO)ccc2[nH]1. The maximum Gasteiger partial charge on any atom is 0.265 e. The zero-order valence-electron chi connectivity index (χ0n) is 7.45. The van der Waals surface area contributed by atoms with Crippen molar-refractivity contribution in [2.24, 2.45) is 5.73 Å². The molecule has 0 fully saturated rings. The average molecular weight is 190 g/mol. The number of H-pyrrole nitrogens is 1. The number of aliphatic hydroxyl groups excluding tert-OH is 1. The van der Waals surface area contributed by atoms with E-state index < -0.39 is 5.91 Å². The van der Waals surface area contributed by atoms with Crippen molar-refractivity contribution in [3.63, 3.8) is 0 Å². The van der Waals surface area contributed by atoms with E-state index >= 15 is 0 Å². The second kappa shape index (κ2) is 3.16. The topological polar surface area (TPSA) is 79.1 Å². The van der Waals surface area contributed by atoms with Crippen molar-refractivity contribution in [1.82, 2.24) is 4.98 Å². The number of carbonyl (C=O) groups excluding carboxylic acids is 1. The van der Waals surface area contributed by atoms with Crippen LogP contribution in [-0.2, 0) is 6.61 Å². The van der Waals surface area contributed by atoms with Gasteiger partial charge in [0.15, 0.2) is 0 Å². The second-order valence-electron chi connectivity index (χ2n) is 3.13. The number of fused-ring (bicyclic) bond motifs is 1. The van der Waals surface area contributed by atoms with Gasteiger partial charge in [-0.05, 0) is 23.8 Å². The summed E-state index contributed by atoms with van der Waals surface area (Å²) in [4.78, 5) is 13.8. The highest BCUT2D eigenvalue weighted by atomic mass is 16.3. The van der Waals surface area contributed by atoms with Crippen LogP contribution in [0.2, 0.25) is 0 Å². The predicted octanol–water partition coefficient (Wildman–Crippen LogP) is 0.759. The quantitative estimate of drug-likeness (QED) is 0.653. The first-order valence-corrected chi connectivity index (χ1v) is 4.23. The van der Waals surface area contributed by atoms with Crippen LogP contribution in [0, 0.1) is 0 Å². The Morgan fingerprint density at radius 3 is 2.86 bits per heavy atom. The maximum absolute atomic E-state index is 10.9. The molecule has 72 valence electrons. The number of hydrogen-bond donors (Lipinski definition) is 3. The Morgan fingerprint density at radius 2 is 2.21 bits per heavy atom. The van der Waals surface area contributed by atoms with Gasteiger partial charge < -0.3 is 15.8 Å². The van der Waals surface area contributed by atoms with Gasteiger partial charge >= 0.3 is 0 Å². The van der Waals surface area contributed by atoms with Crippen molar-refractivity contribution in [3.05, 3.63) is 35.5 Å². The van der Waals surface area contributed by atoms with Crippen LogP contribution >= 0.6 is 0 Å². The summed E-state index contributed by atoms with van der Waals surface area (Å²) in [5.41, 5.74) is 7.17. The second-order valence-corrected chi connectivity index (χ2v) is 3.13. The number of nitrogens with one attached hydrogen (secondary N) is 1. The number of aromatic amines is 1. The molecule has 0 saturated carbocycles. The molecule has 1 aromatic carbocycles. The molecule has 14 heavy (non-hydrogen) atoms. The number of primary amides is 1. The number of aromatic nitrogens is 1. The minimum atomic E-state index is -0.480. The Morgan fingerprint density at radius 1 is 1.43 bits per heavy atom. The van der Waals surface area contributed by atoms with Crippen molar-refractivity contribution in [3.8, 4) is 0 Å². The Labute approximate surface area is 80.3 Å². The predicted molar refractivity (Wildman–Crippen MR) is 52.7 cm³/mol. The van der Waals surface area contributed by atoms with Gasteiger partial charge in [-0.2, -0.15) is 0 Å². The van der Waals surface area contributed by atoms with Gasteiger partial charge in [-0.3, -0.25) is 4.79 Å². The Kier molecular flexibility index (Phi) is 1.98. The van der Waals surface area contributed by atoms with Crippen LogP contribution in [0.15, 0.2) is 24.3 Å². The zero-order chi connectivity index (χ0) is 10.1. The van der Waals surface area contributed by atoms with E-state index in [9.17, 15) is 4.79 Å². The van der Waals surface area contributed by atoms with Gasteiger partial charge in [0.1, 0.15) is 5.69 Å². The summed E-state index contributed by atoms with van der Waals surface area (Å²) in [5, 5.41) is 9.79. The van der Waals surface area contributed by atoms with Crippen LogP contribution in [0.5, 0.6) is 0 Å². The van der Waals surface area contributed by atoms with Crippen LogP contribution in [0.25, 0.3) is 10.9 Å². The third-order valence-electron chi connectivity index (χ3n) is 2.13. The highest BCUT2D eigenvalue weighted by Gasteiger charge is 2.05. The van der Waals surface area contributed by atoms with E-state index in [1.807, 2.05) is 12.1 Å². The van der Waals surface area contributed by atoms with E-state index in [1.54, 1.807) is 12.1 Å². The highest BCUT2D eigenvalue weighted by Crippen LogP contribution is 2.16. The number of carbonyl (C=O) groups is 1. The molecular formula is C10H10N2O2. The molecule has 2 rings (SSSR count). The van der Waals surface area contributed by atoms with Gasteiger partial charge in [-0.15, -0.1) is 0 Å². The van der Waals surface area contributed by atoms with Gasteiger partial charge in [-0.1, -0.05) is 6.07 Å². The summed E-state index contributed by atoms with van der Waals surface area (Å²) >= 11 is 0. The molecule has 0 aliphatic rings. The molecule has 2 aromatic rings. The summed E-state index contributed by atoms with van der Waals surface area (Å²) in [6.07, 6.45) is 0. The van der Waals surface area contributed by atoms with Gasteiger partial charge in [0.05, 0.1) is 6.61 Å². The molecule has 1 amide bonds. The fourth-order valence-electron chi connectivity index (χ4n) is 1.41. The first-order chi connectivity index (χ1) is 6.70. The number of amides is 1. The highest BCUT2D eigenvalue weighted by molar-refractivity contribution is 5.97. The van der Waals surface area contributed by atoms with Crippen molar-refractivity contribution in [2.75, 3.05) is 0 Å². The van der Waals surface area contributed by atoms with E-state index in [4.69, 9.17) is 10.8 Å². The van der Waals surface area contributed by atoms with Gasteiger partial charge in [-0.25, -0.2) is 0 Å². The molecular weight excluding hydrogens is 180 g/mol. The van der Waals surface area contributed by atoms with Crippen LogP contribution in [0.1, 0.15) is 16.1 Å². The fraction of sp³-hybridized carbons (Fsp3) is 0.100. The van der Waals surface area contributed by atoms with Crippen LogP contribution in [0.3, 0.4) is 0 Å². The lowest BCUT2D eigenvalue weighted by molar-refractivity contribution is 0.0996. The normalized spacial score (nSPS) is 10.6. The molecule has 4 N–H and O–H groups in total. The Balaban J connectivity index is 2.60. The molecule has 1 heterocycles. The van der Waals surface area contributed by atoms with E-state index in [2.05, 4.69) is 4.98 Å². The lowest BCUT2D eigenvalue weighted by Gasteiger charge is -1.94. The van der Waals surface area contributed by atoms with Crippen molar-refractivity contribution in [2.45, 2.75) is 6.61 Å². The molecule has 0 aliphatic carbocycles. The summed E-state index contributed by atoms with van der Waals surface area (Å²) < 4.78 is 0. The molecule has 1 aromatic heterocycles. The molecule has 0 unspecified atom stereocenters. The van der Waals surface area contributed by atoms with Gasteiger partial charge in [0, 0.05) is 10.9 Å². The molecule has 4 nitrogen and oxygen atoms in total. The van der Waals surface area contributed by atoms with E-state index in [1.165, 1.54) is 0 Å². The number of hydrogen-bond acceptors (Lipinski definition) is 2. The standard InChI is InChI=1S/C10H10N2O2/c11-10(14)9-4-7-3-6(5-13)1-2-8(7)12-9/h1-4,12-13H,5H2,(H2,11,14). The van der Waals surface area contributed by atoms with Crippen molar-refractivity contribution < 1.29 is 9.90 Å². The van der Waals surface area contributed by atoms with Crippen LogP contribution < -0.4 is 5.73 Å². The van der Waals surface area contributed by atoms with Crippen molar-refractivity contribution in [1.29, 1.82) is 0 Å². The molecule has 0 radical (unpaired) electrons. The largest absolute Gasteiger partial charge is 0.392 e. The lowest BCUT2D eigenvalue weighted by atomic mass is 10.2. The van der Waals surface area contributed by atoms with Gasteiger partial charge in [0.2, 0.25) is 0 Å². The first kappa shape index (κ1) is 8.77. The Hall–Kier alpha value is -1.81. The minimum Gasteiger partial charge on any atom is -0.392 e. The smallest absolute Gasteiger partial charge is 0.265 e. The van der Waals surface area contributed by atoms with Crippen LogP contribution in [-0.4, -0.2) is 16.0 Å². The monoisotopic (exact) mass is 190 g/mol. The van der Waals surface area contributed by atoms with Crippen LogP contribution in [0.4, 0.5) is 0 Å². The zero-order valence-corrected chi connectivity index (χ0v) is 7.45. The summed E-state index contributed by atoms with van der Waals surface area (Å²) in [6, 6.07) is 7.10. The molecule has 0 spiro atoms. The summed E-state index contributed by atoms with van der Waals surface area (Å²) in [7, 11) is 0. The van der Waals surface area contributed by atoms with E-state index in [0.717, 1.165) is 16.5 Å². The van der Waals surface area contributed by atoms with Gasteiger partial charge in [0.25, 0.3) is 5.91 Å².